The van der Waals surface area contributed by atoms with Crippen molar-refractivity contribution in [1.29, 1.82) is 0 Å². The molecule has 7 heteroatoms. The van der Waals surface area contributed by atoms with Crippen molar-refractivity contribution in [2.45, 2.75) is 45.1 Å². The number of piperidine rings is 1. The maximum atomic E-state index is 9.78. The van der Waals surface area contributed by atoms with Crippen LogP contribution in [0.1, 0.15) is 30.4 Å². The molecule has 0 atom stereocenters. The lowest BCUT2D eigenvalue weighted by molar-refractivity contribution is 0.134. The van der Waals surface area contributed by atoms with Crippen LogP contribution in [0.5, 0.6) is 0 Å². The summed E-state index contributed by atoms with van der Waals surface area (Å²) in [5.74, 6) is 1.67. The molecule has 7 nitrogen and oxygen atoms in total. The third-order valence-corrected chi connectivity index (χ3v) is 6.58. The lowest BCUT2D eigenvalue weighted by atomic mass is 10.1. The molecule has 5 rings (SSSR count). The number of benzene rings is 2. The van der Waals surface area contributed by atoms with Crippen LogP contribution in [0.3, 0.4) is 0 Å². The molecule has 33 heavy (non-hydrogen) atoms. The van der Waals surface area contributed by atoms with Crippen molar-refractivity contribution in [2.75, 3.05) is 38.6 Å². The number of anilines is 1. The second kappa shape index (κ2) is 9.63. The SMILES string of the molecule is CN(C)CCCn1nc(-c2ccc(N3CCC(O)CC3)cc2)nc1-c1ccc2c(c1)COC2. The summed E-state index contributed by atoms with van der Waals surface area (Å²) in [5, 5.41) is 14.7. The number of rotatable bonds is 7. The molecule has 0 saturated carbocycles. The predicted octanol–water partition coefficient (Wildman–Crippen LogP) is 3.56. The van der Waals surface area contributed by atoms with Crippen LogP contribution in [0.15, 0.2) is 42.5 Å². The quantitative estimate of drug-likeness (QED) is 0.598. The number of ether oxygens (including phenoxy) is 1. The van der Waals surface area contributed by atoms with Crippen molar-refractivity contribution >= 4 is 5.69 Å². The fourth-order valence-corrected chi connectivity index (χ4v) is 4.63. The Morgan fingerprint density at radius 3 is 2.48 bits per heavy atom. The van der Waals surface area contributed by atoms with E-state index in [1.807, 2.05) is 0 Å². The van der Waals surface area contributed by atoms with Gasteiger partial charge in [-0.3, -0.25) is 0 Å². The van der Waals surface area contributed by atoms with Crippen molar-refractivity contribution in [3.8, 4) is 22.8 Å². The minimum atomic E-state index is -0.162. The molecule has 0 aliphatic carbocycles. The number of hydrogen-bond acceptors (Lipinski definition) is 6. The molecule has 2 aliphatic heterocycles. The van der Waals surface area contributed by atoms with Crippen LogP contribution < -0.4 is 4.90 Å². The largest absolute Gasteiger partial charge is 0.393 e. The van der Waals surface area contributed by atoms with Crippen molar-refractivity contribution < 1.29 is 9.84 Å². The van der Waals surface area contributed by atoms with Crippen LogP contribution >= 0.6 is 0 Å². The van der Waals surface area contributed by atoms with Gasteiger partial charge in [0.25, 0.3) is 0 Å². The minimum Gasteiger partial charge on any atom is -0.393 e. The molecule has 1 fully saturated rings. The number of nitrogens with zero attached hydrogens (tertiary/aromatic N) is 5. The predicted molar refractivity (Wildman–Crippen MR) is 130 cm³/mol. The Labute approximate surface area is 195 Å². The summed E-state index contributed by atoms with van der Waals surface area (Å²) >= 11 is 0. The Hall–Kier alpha value is -2.74. The Kier molecular flexibility index (Phi) is 6.44. The number of fused-ring (bicyclic) bond motifs is 1. The lowest BCUT2D eigenvalue weighted by Gasteiger charge is -2.31. The smallest absolute Gasteiger partial charge is 0.181 e. The normalized spacial score (nSPS) is 16.5. The first-order valence-corrected chi connectivity index (χ1v) is 11.9. The summed E-state index contributed by atoms with van der Waals surface area (Å²) in [5.41, 5.74) is 5.81. The van der Waals surface area contributed by atoms with Gasteiger partial charge in [-0.05, 0) is 81.4 Å². The molecule has 3 aromatic rings. The number of aliphatic hydroxyl groups is 1. The molecule has 0 unspecified atom stereocenters. The van der Waals surface area contributed by atoms with Crippen molar-refractivity contribution in [3.63, 3.8) is 0 Å². The van der Waals surface area contributed by atoms with E-state index in [-0.39, 0.29) is 6.10 Å². The summed E-state index contributed by atoms with van der Waals surface area (Å²) in [6.45, 7) is 4.98. The Balaban J connectivity index is 1.41. The lowest BCUT2D eigenvalue weighted by Crippen LogP contribution is -2.35. The van der Waals surface area contributed by atoms with Gasteiger partial charge < -0.3 is 19.6 Å². The molecule has 1 saturated heterocycles. The average molecular weight is 448 g/mol. The van der Waals surface area contributed by atoms with Crippen LogP contribution in [0.2, 0.25) is 0 Å². The van der Waals surface area contributed by atoms with Gasteiger partial charge in [0.1, 0.15) is 0 Å². The van der Waals surface area contributed by atoms with Gasteiger partial charge in [0.2, 0.25) is 0 Å². The monoisotopic (exact) mass is 447 g/mol. The zero-order valence-electron chi connectivity index (χ0n) is 19.6. The van der Waals surface area contributed by atoms with Crippen LogP contribution in [0.25, 0.3) is 22.8 Å². The summed E-state index contributed by atoms with van der Waals surface area (Å²) in [7, 11) is 4.19. The number of aryl methyl sites for hydroxylation is 1. The molecule has 2 aliphatic rings. The second-order valence-corrected chi connectivity index (χ2v) is 9.38. The van der Waals surface area contributed by atoms with Gasteiger partial charge in [0.15, 0.2) is 11.6 Å². The van der Waals surface area contributed by atoms with E-state index >= 15 is 0 Å². The van der Waals surface area contributed by atoms with Crippen LogP contribution in [0, 0.1) is 0 Å². The van der Waals surface area contributed by atoms with Crippen molar-refractivity contribution in [3.05, 3.63) is 53.6 Å². The van der Waals surface area contributed by atoms with Crippen LogP contribution in [-0.4, -0.2) is 64.6 Å². The van der Waals surface area contributed by atoms with E-state index in [1.54, 1.807) is 0 Å². The maximum Gasteiger partial charge on any atom is 0.181 e. The van der Waals surface area contributed by atoms with Gasteiger partial charge >= 0.3 is 0 Å². The van der Waals surface area contributed by atoms with E-state index in [0.29, 0.717) is 13.2 Å². The van der Waals surface area contributed by atoms with E-state index in [2.05, 4.69) is 71.0 Å². The van der Waals surface area contributed by atoms with Crippen molar-refractivity contribution in [1.82, 2.24) is 19.7 Å². The van der Waals surface area contributed by atoms with Gasteiger partial charge in [-0.15, -0.1) is 0 Å². The standard InChI is InChI=1S/C26H33N5O2/c1-29(2)12-3-13-31-26(20-4-5-21-17-33-18-22(21)16-20)27-25(28-31)19-6-8-23(9-7-19)30-14-10-24(32)11-15-30/h4-9,16,24,32H,3,10-15,17-18H2,1-2H3. The number of aliphatic hydroxyl groups excluding tert-OH is 1. The average Bonchev–Trinajstić information content (AvgIpc) is 3.46. The van der Waals surface area contributed by atoms with Crippen molar-refractivity contribution in [2.24, 2.45) is 0 Å². The van der Waals surface area contributed by atoms with Gasteiger partial charge in [-0.25, -0.2) is 9.67 Å². The molecule has 0 radical (unpaired) electrons. The van der Waals surface area contributed by atoms with Gasteiger partial charge in [0.05, 0.1) is 19.3 Å². The molecule has 1 aromatic heterocycles. The fraction of sp³-hybridized carbons (Fsp3) is 0.462. The van der Waals surface area contributed by atoms with E-state index in [9.17, 15) is 5.11 Å². The molecule has 3 heterocycles. The molecular weight excluding hydrogens is 414 g/mol. The third kappa shape index (κ3) is 4.95. The fourth-order valence-electron chi connectivity index (χ4n) is 4.63. The maximum absolute atomic E-state index is 9.78. The zero-order chi connectivity index (χ0) is 22.8. The Morgan fingerprint density at radius 2 is 1.73 bits per heavy atom. The van der Waals surface area contributed by atoms with Gasteiger partial charge in [-0.1, -0.05) is 12.1 Å². The molecule has 174 valence electrons. The highest BCUT2D eigenvalue weighted by molar-refractivity contribution is 5.65. The molecule has 0 amide bonds. The first kappa shape index (κ1) is 22.1. The minimum absolute atomic E-state index is 0.162. The topological polar surface area (TPSA) is 66.7 Å². The number of aromatic nitrogens is 3. The van der Waals surface area contributed by atoms with Gasteiger partial charge in [0, 0.05) is 36.4 Å². The molecule has 0 bridgehead atoms. The summed E-state index contributed by atoms with van der Waals surface area (Å²) in [6, 6.07) is 15.0. The van der Waals surface area contributed by atoms with Crippen LogP contribution in [-0.2, 0) is 24.5 Å². The molecule has 1 N–H and O–H groups in total. The Bertz CT molecular complexity index is 1080. The third-order valence-electron chi connectivity index (χ3n) is 6.58. The highest BCUT2D eigenvalue weighted by Gasteiger charge is 2.19. The summed E-state index contributed by atoms with van der Waals surface area (Å²) < 4.78 is 7.65. The second-order valence-electron chi connectivity index (χ2n) is 9.38. The first-order chi connectivity index (χ1) is 16.1. The zero-order valence-corrected chi connectivity index (χ0v) is 19.6. The van der Waals surface area contributed by atoms with E-state index in [4.69, 9.17) is 14.8 Å². The first-order valence-electron chi connectivity index (χ1n) is 11.9. The Morgan fingerprint density at radius 1 is 1.00 bits per heavy atom. The molecular formula is C26H33N5O2. The van der Waals surface area contributed by atoms with Crippen LogP contribution in [0.4, 0.5) is 5.69 Å². The van der Waals surface area contributed by atoms with E-state index < -0.39 is 0 Å². The summed E-state index contributed by atoms with van der Waals surface area (Å²) in [4.78, 5) is 9.51. The van der Waals surface area contributed by atoms with E-state index in [0.717, 1.165) is 68.2 Å². The van der Waals surface area contributed by atoms with Gasteiger partial charge in [-0.2, -0.15) is 5.10 Å². The highest BCUT2D eigenvalue weighted by Crippen LogP contribution is 2.29. The molecule has 0 spiro atoms. The summed E-state index contributed by atoms with van der Waals surface area (Å²) in [6.07, 6.45) is 2.51. The highest BCUT2D eigenvalue weighted by atomic mass is 16.5. The van der Waals surface area contributed by atoms with E-state index in [1.165, 1.54) is 16.8 Å². The molecule has 2 aromatic carbocycles. The number of hydrogen-bond donors (Lipinski definition) is 1.